The zero-order chi connectivity index (χ0) is 21.0. The number of rotatable bonds is 15. The largest absolute Gasteiger partial charge is 0.338 e. The van der Waals surface area contributed by atoms with E-state index in [1.54, 1.807) is 0 Å². The van der Waals surface area contributed by atoms with Crippen molar-refractivity contribution in [3.8, 4) is 0 Å². The van der Waals surface area contributed by atoms with Crippen LogP contribution in [0.3, 0.4) is 0 Å². The maximum atomic E-state index is 11.6. The van der Waals surface area contributed by atoms with Gasteiger partial charge in [-0.1, -0.05) is 67.5 Å². The Morgan fingerprint density at radius 1 is 0.679 bits per heavy atom. The average molecular weight is 435 g/mol. The number of hydrogen-bond donors (Lipinski definition) is 4. The van der Waals surface area contributed by atoms with E-state index in [0.717, 1.165) is 44.9 Å². The van der Waals surface area contributed by atoms with Crippen molar-refractivity contribution >= 4 is 45.5 Å². The van der Waals surface area contributed by atoms with E-state index in [9.17, 15) is 19.2 Å². The van der Waals surface area contributed by atoms with E-state index in [1.165, 1.54) is 21.6 Å². The van der Waals surface area contributed by atoms with Crippen molar-refractivity contribution in [2.24, 2.45) is 0 Å². The van der Waals surface area contributed by atoms with E-state index >= 15 is 0 Å². The van der Waals surface area contributed by atoms with Crippen LogP contribution in [0.5, 0.6) is 0 Å². The second kappa shape index (κ2) is 18.9. The minimum atomic E-state index is -0.500. The van der Waals surface area contributed by atoms with Crippen molar-refractivity contribution < 1.29 is 19.2 Å². The summed E-state index contributed by atoms with van der Waals surface area (Å²) in [5, 5.41) is 9.82. The highest BCUT2D eigenvalue weighted by Crippen LogP contribution is 2.19. The van der Waals surface area contributed by atoms with Crippen LogP contribution >= 0.6 is 21.6 Å². The summed E-state index contributed by atoms with van der Waals surface area (Å²) in [6.45, 7) is 5.12. The summed E-state index contributed by atoms with van der Waals surface area (Å²) in [5.74, 6) is 0.106. The number of carbonyl (C=O) groups is 4. The summed E-state index contributed by atoms with van der Waals surface area (Å²) in [6.07, 6.45) is 7.38. The van der Waals surface area contributed by atoms with E-state index in [0.29, 0.717) is 25.3 Å². The van der Waals surface area contributed by atoms with Crippen molar-refractivity contribution in [1.82, 2.24) is 21.3 Å². The summed E-state index contributed by atoms with van der Waals surface area (Å²) < 4.78 is 0. The Morgan fingerprint density at radius 3 is 1.96 bits per heavy atom. The predicted octanol–water partition coefficient (Wildman–Crippen LogP) is 3.18. The Hall–Kier alpha value is -1.42. The molecular formula is C18H34N4O4S2. The van der Waals surface area contributed by atoms with Gasteiger partial charge in [0.1, 0.15) is 0 Å². The molecule has 4 N–H and O–H groups in total. The molecule has 0 saturated carbocycles. The molecule has 0 aliphatic rings. The molecule has 0 aromatic rings. The maximum Gasteiger partial charge on any atom is 0.321 e. The topological polar surface area (TPSA) is 116 Å². The lowest BCUT2D eigenvalue weighted by atomic mass is 10.2. The monoisotopic (exact) mass is 434 g/mol. The lowest BCUT2D eigenvalue weighted by molar-refractivity contribution is -0.120. The van der Waals surface area contributed by atoms with Crippen molar-refractivity contribution in [1.29, 1.82) is 0 Å². The molecule has 0 unspecified atom stereocenters. The Labute approximate surface area is 175 Å². The number of imide groups is 2. The van der Waals surface area contributed by atoms with Gasteiger partial charge in [-0.25, -0.2) is 9.59 Å². The molecule has 8 nitrogen and oxygen atoms in total. The van der Waals surface area contributed by atoms with Gasteiger partial charge in [0.25, 0.3) is 0 Å². The third-order valence-corrected chi connectivity index (χ3v) is 5.84. The Kier molecular flexibility index (Phi) is 18.0. The average Bonchev–Trinajstić information content (AvgIpc) is 2.64. The standard InChI is InChI=1S/C18H34N4O4S2/c1-3-5-7-9-11-19-17(25)22-16(24)14-28-27-13-12-20-18(26)21-15(23)10-8-6-4-2/h3-14H2,1-2H3,(H2,19,22,24,25)(H2,20,21,23,26). The highest BCUT2D eigenvalue weighted by Gasteiger charge is 2.08. The van der Waals surface area contributed by atoms with Crippen molar-refractivity contribution in [2.45, 2.75) is 65.2 Å². The molecule has 0 fully saturated rings. The second-order valence-electron chi connectivity index (χ2n) is 6.21. The second-order valence-corrected chi connectivity index (χ2v) is 8.79. The molecule has 6 amide bonds. The molecule has 0 aliphatic heterocycles. The molecule has 162 valence electrons. The van der Waals surface area contributed by atoms with Gasteiger partial charge in [0.15, 0.2) is 0 Å². The highest BCUT2D eigenvalue weighted by molar-refractivity contribution is 8.76. The number of carbonyl (C=O) groups excluding carboxylic acids is 4. The molecule has 0 rings (SSSR count). The number of urea groups is 2. The lowest BCUT2D eigenvalue weighted by Crippen LogP contribution is -2.40. The van der Waals surface area contributed by atoms with Crippen LogP contribution < -0.4 is 21.3 Å². The van der Waals surface area contributed by atoms with Crippen LogP contribution in [0.4, 0.5) is 9.59 Å². The first kappa shape index (κ1) is 26.6. The zero-order valence-electron chi connectivity index (χ0n) is 16.9. The molecule has 0 saturated heterocycles. The highest BCUT2D eigenvalue weighted by atomic mass is 33.1. The molecule has 0 bridgehead atoms. The van der Waals surface area contributed by atoms with Gasteiger partial charge < -0.3 is 10.6 Å². The van der Waals surface area contributed by atoms with Crippen LogP contribution in [0.25, 0.3) is 0 Å². The Balaban J connectivity index is 3.56. The normalized spacial score (nSPS) is 10.2. The van der Waals surface area contributed by atoms with Gasteiger partial charge in [0.2, 0.25) is 11.8 Å². The number of nitrogens with one attached hydrogen (secondary N) is 4. The molecule has 0 aromatic carbocycles. The summed E-state index contributed by atoms with van der Waals surface area (Å²) in [6, 6.07) is -0.963. The first-order valence-electron chi connectivity index (χ1n) is 9.89. The fourth-order valence-electron chi connectivity index (χ4n) is 2.09. The number of hydrogen-bond acceptors (Lipinski definition) is 6. The quantitative estimate of drug-likeness (QED) is 0.232. The van der Waals surface area contributed by atoms with E-state index in [-0.39, 0.29) is 17.6 Å². The van der Waals surface area contributed by atoms with Crippen LogP contribution in [0.1, 0.15) is 65.2 Å². The third kappa shape index (κ3) is 18.0. The summed E-state index contributed by atoms with van der Waals surface area (Å²) >= 11 is 0. The van der Waals surface area contributed by atoms with Gasteiger partial charge in [-0.2, -0.15) is 0 Å². The SMILES string of the molecule is CCCCCCNC(=O)NC(=O)CSSCCNC(=O)NC(=O)CCCCC. The van der Waals surface area contributed by atoms with Gasteiger partial charge in [-0.05, 0) is 12.8 Å². The van der Waals surface area contributed by atoms with Crippen molar-refractivity contribution in [2.75, 3.05) is 24.6 Å². The molecular weight excluding hydrogens is 400 g/mol. The van der Waals surface area contributed by atoms with Gasteiger partial charge >= 0.3 is 12.1 Å². The summed E-state index contributed by atoms with van der Waals surface area (Å²) in [4.78, 5) is 46.2. The molecule has 0 spiro atoms. The van der Waals surface area contributed by atoms with Crippen LogP contribution in [0, 0.1) is 0 Å². The van der Waals surface area contributed by atoms with Crippen LogP contribution in [-0.2, 0) is 9.59 Å². The molecule has 0 aliphatic carbocycles. The van der Waals surface area contributed by atoms with Crippen molar-refractivity contribution in [3.05, 3.63) is 0 Å². The van der Waals surface area contributed by atoms with Gasteiger partial charge in [0.05, 0.1) is 5.75 Å². The molecule has 0 radical (unpaired) electrons. The van der Waals surface area contributed by atoms with E-state index in [1.807, 2.05) is 6.92 Å². The molecule has 28 heavy (non-hydrogen) atoms. The first-order valence-corrected chi connectivity index (χ1v) is 12.4. The molecule has 10 heteroatoms. The number of unbranched alkanes of at least 4 members (excludes halogenated alkanes) is 5. The third-order valence-electron chi connectivity index (χ3n) is 3.57. The summed E-state index contributed by atoms with van der Waals surface area (Å²) in [7, 11) is 2.71. The van der Waals surface area contributed by atoms with Crippen LogP contribution in [0.15, 0.2) is 0 Å². The molecule has 0 aromatic heterocycles. The minimum Gasteiger partial charge on any atom is -0.338 e. The first-order chi connectivity index (χ1) is 13.5. The predicted molar refractivity (Wildman–Crippen MR) is 116 cm³/mol. The maximum absolute atomic E-state index is 11.6. The zero-order valence-corrected chi connectivity index (χ0v) is 18.6. The Morgan fingerprint density at radius 2 is 1.29 bits per heavy atom. The van der Waals surface area contributed by atoms with Crippen molar-refractivity contribution in [3.63, 3.8) is 0 Å². The van der Waals surface area contributed by atoms with Crippen LogP contribution in [0.2, 0.25) is 0 Å². The van der Waals surface area contributed by atoms with E-state index in [2.05, 4.69) is 28.2 Å². The van der Waals surface area contributed by atoms with Gasteiger partial charge in [-0.15, -0.1) is 0 Å². The smallest absolute Gasteiger partial charge is 0.321 e. The molecule has 0 atom stereocenters. The fourth-order valence-corrected chi connectivity index (χ4v) is 3.83. The van der Waals surface area contributed by atoms with Gasteiger partial charge in [-0.3, -0.25) is 20.2 Å². The fraction of sp³-hybridized carbons (Fsp3) is 0.778. The Bertz CT molecular complexity index is 479. The van der Waals surface area contributed by atoms with Crippen LogP contribution in [-0.4, -0.2) is 48.5 Å². The minimum absolute atomic E-state index is 0.149. The van der Waals surface area contributed by atoms with E-state index in [4.69, 9.17) is 0 Å². The molecule has 0 heterocycles. The number of amides is 6. The summed E-state index contributed by atoms with van der Waals surface area (Å²) in [5.41, 5.74) is 0. The van der Waals surface area contributed by atoms with Gasteiger partial charge in [0, 0.05) is 25.3 Å². The lowest BCUT2D eigenvalue weighted by Gasteiger charge is -2.07. The van der Waals surface area contributed by atoms with E-state index < -0.39 is 12.1 Å².